The van der Waals surface area contributed by atoms with E-state index in [0.717, 1.165) is 4.47 Å². The van der Waals surface area contributed by atoms with Crippen molar-refractivity contribution in [2.24, 2.45) is 0 Å². The SMILES string of the molecule is COc1ccc(NC(=O)c2ccn(COc3ccc(Br)cc3)n2)c([N+](=O)[O-])c1. The van der Waals surface area contributed by atoms with Crippen molar-refractivity contribution in [3.63, 3.8) is 0 Å². The number of ether oxygens (including phenoxy) is 2. The molecule has 1 N–H and O–H groups in total. The van der Waals surface area contributed by atoms with E-state index in [4.69, 9.17) is 9.47 Å². The number of anilines is 1. The Morgan fingerprint density at radius 3 is 2.61 bits per heavy atom. The molecule has 0 aliphatic heterocycles. The van der Waals surface area contributed by atoms with E-state index < -0.39 is 10.8 Å². The molecule has 0 aliphatic rings. The van der Waals surface area contributed by atoms with E-state index in [1.165, 1.54) is 36.1 Å². The van der Waals surface area contributed by atoms with E-state index in [2.05, 4.69) is 26.3 Å². The summed E-state index contributed by atoms with van der Waals surface area (Å²) in [6.45, 7) is 0.109. The van der Waals surface area contributed by atoms with Crippen LogP contribution in [0.1, 0.15) is 10.5 Å². The van der Waals surface area contributed by atoms with E-state index in [1.54, 1.807) is 18.3 Å². The third-order valence-corrected chi connectivity index (χ3v) is 4.23. The Kier molecular flexibility index (Phi) is 5.90. The van der Waals surface area contributed by atoms with Gasteiger partial charge in [-0.3, -0.25) is 14.9 Å². The fourth-order valence-corrected chi connectivity index (χ4v) is 2.57. The van der Waals surface area contributed by atoms with Gasteiger partial charge in [-0.1, -0.05) is 15.9 Å². The minimum atomic E-state index is -0.594. The van der Waals surface area contributed by atoms with Crippen molar-refractivity contribution < 1.29 is 19.2 Å². The van der Waals surface area contributed by atoms with Crippen LogP contribution in [0.15, 0.2) is 59.2 Å². The molecule has 1 heterocycles. The number of halogens is 1. The number of nitrogens with zero attached hydrogens (tertiary/aromatic N) is 3. The number of carbonyl (C=O) groups excluding carboxylic acids is 1. The van der Waals surface area contributed by atoms with Gasteiger partial charge in [0.15, 0.2) is 12.4 Å². The molecule has 144 valence electrons. The monoisotopic (exact) mass is 446 g/mol. The predicted molar refractivity (Wildman–Crippen MR) is 105 cm³/mol. The van der Waals surface area contributed by atoms with Crippen molar-refractivity contribution in [3.8, 4) is 11.5 Å². The molecule has 10 heteroatoms. The molecule has 9 nitrogen and oxygen atoms in total. The maximum absolute atomic E-state index is 12.4. The van der Waals surface area contributed by atoms with Gasteiger partial charge in [0.2, 0.25) is 0 Å². The normalized spacial score (nSPS) is 10.4. The first-order valence-electron chi connectivity index (χ1n) is 8.02. The van der Waals surface area contributed by atoms with Gasteiger partial charge in [0.25, 0.3) is 11.6 Å². The topological polar surface area (TPSA) is 109 Å². The Morgan fingerprint density at radius 2 is 1.93 bits per heavy atom. The maximum Gasteiger partial charge on any atom is 0.296 e. The Bertz CT molecular complexity index is 1000. The van der Waals surface area contributed by atoms with Crippen LogP contribution >= 0.6 is 15.9 Å². The largest absolute Gasteiger partial charge is 0.496 e. The number of nitro groups is 1. The highest BCUT2D eigenvalue weighted by Crippen LogP contribution is 2.29. The predicted octanol–water partition coefficient (Wildman–Crippen LogP) is 3.85. The molecule has 0 unspecified atom stereocenters. The van der Waals surface area contributed by atoms with Crippen LogP contribution in [0.25, 0.3) is 0 Å². The average molecular weight is 447 g/mol. The fraction of sp³-hybridized carbons (Fsp3) is 0.111. The molecule has 0 saturated heterocycles. The molecule has 3 aromatic rings. The molecule has 0 aliphatic carbocycles. The quantitative estimate of drug-likeness (QED) is 0.436. The lowest BCUT2D eigenvalue weighted by atomic mass is 10.2. The number of nitro benzene ring substituents is 1. The van der Waals surface area contributed by atoms with Gasteiger partial charge < -0.3 is 14.8 Å². The summed E-state index contributed by atoms with van der Waals surface area (Å²) in [6, 6.07) is 12.9. The highest BCUT2D eigenvalue weighted by atomic mass is 79.9. The summed E-state index contributed by atoms with van der Waals surface area (Å²) >= 11 is 3.34. The number of aromatic nitrogens is 2. The first-order chi connectivity index (χ1) is 13.5. The number of hydrogen-bond donors (Lipinski definition) is 1. The fourth-order valence-electron chi connectivity index (χ4n) is 2.31. The van der Waals surface area contributed by atoms with Crippen molar-refractivity contribution in [2.45, 2.75) is 6.73 Å². The van der Waals surface area contributed by atoms with Crippen molar-refractivity contribution in [2.75, 3.05) is 12.4 Å². The maximum atomic E-state index is 12.4. The zero-order valence-electron chi connectivity index (χ0n) is 14.7. The van der Waals surface area contributed by atoms with Gasteiger partial charge in [0.1, 0.15) is 17.2 Å². The zero-order valence-corrected chi connectivity index (χ0v) is 16.3. The van der Waals surface area contributed by atoms with Crippen molar-refractivity contribution in [1.82, 2.24) is 9.78 Å². The summed E-state index contributed by atoms with van der Waals surface area (Å²) in [7, 11) is 1.40. The minimum absolute atomic E-state index is 0.0523. The molecular formula is C18H15BrN4O5. The third kappa shape index (κ3) is 4.65. The van der Waals surface area contributed by atoms with Gasteiger partial charge in [0.05, 0.1) is 18.1 Å². The Labute approximate surface area is 168 Å². The number of methoxy groups -OCH3 is 1. The summed E-state index contributed by atoms with van der Waals surface area (Å²) in [5.41, 5.74) is -0.119. The highest BCUT2D eigenvalue weighted by Gasteiger charge is 2.19. The molecular weight excluding hydrogens is 432 g/mol. The molecule has 0 saturated carbocycles. The lowest BCUT2D eigenvalue weighted by Crippen LogP contribution is -2.15. The van der Waals surface area contributed by atoms with Crippen molar-refractivity contribution in [3.05, 3.63) is 75.0 Å². The molecule has 0 radical (unpaired) electrons. The Balaban J connectivity index is 1.67. The molecule has 1 amide bonds. The molecule has 28 heavy (non-hydrogen) atoms. The Morgan fingerprint density at radius 1 is 1.21 bits per heavy atom. The van der Waals surface area contributed by atoms with Gasteiger partial charge in [-0.05, 0) is 42.5 Å². The summed E-state index contributed by atoms with van der Waals surface area (Å²) in [4.78, 5) is 23.0. The second-order valence-electron chi connectivity index (χ2n) is 5.56. The standard InChI is InChI=1S/C18H15BrN4O5/c1-27-14-6-7-15(17(10-14)23(25)26)20-18(24)16-8-9-22(21-16)11-28-13-4-2-12(19)3-5-13/h2-10H,11H2,1H3,(H,20,24). The molecule has 0 spiro atoms. The molecule has 0 bridgehead atoms. The number of benzene rings is 2. The molecule has 3 rings (SSSR count). The van der Waals surface area contributed by atoms with Crippen LogP contribution in [0.5, 0.6) is 11.5 Å². The lowest BCUT2D eigenvalue weighted by molar-refractivity contribution is -0.384. The van der Waals surface area contributed by atoms with Crippen molar-refractivity contribution >= 4 is 33.2 Å². The highest BCUT2D eigenvalue weighted by molar-refractivity contribution is 9.10. The number of rotatable bonds is 7. The van der Waals surface area contributed by atoms with E-state index in [1.807, 2.05) is 12.1 Å². The van der Waals surface area contributed by atoms with Crippen LogP contribution in [-0.4, -0.2) is 27.7 Å². The van der Waals surface area contributed by atoms with E-state index in [9.17, 15) is 14.9 Å². The number of nitrogens with one attached hydrogen (secondary N) is 1. The molecule has 0 fully saturated rings. The lowest BCUT2D eigenvalue weighted by Gasteiger charge is -2.07. The molecule has 1 aromatic heterocycles. The van der Waals surface area contributed by atoms with Gasteiger partial charge in [-0.25, -0.2) is 4.68 Å². The second kappa shape index (κ2) is 8.53. The van der Waals surface area contributed by atoms with Crippen LogP contribution in [0.4, 0.5) is 11.4 Å². The number of carbonyl (C=O) groups is 1. The van der Waals surface area contributed by atoms with E-state index >= 15 is 0 Å². The second-order valence-corrected chi connectivity index (χ2v) is 6.48. The van der Waals surface area contributed by atoms with Gasteiger partial charge >= 0.3 is 0 Å². The smallest absolute Gasteiger partial charge is 0.296 e. The average Bonchev–Trinajstić information content (AvgIpc) is 3.17. The van der Waals surface area contributed by atoms with Crippen LogP contribution in [-0.2, 0) is 6.73 Å². The van der Waals surface area contributed by atoms with Crippen LogP contribution in [0.2, 0.25) is 0 Å². The minimum Gasteiger partial charge on any atom is -0.496 e. The summed E-state index contributed by atoms with van der Waals surface area (Å²) < 4.78 is 12.9. The van der Waals surface area contributed by atoms with E-state index in [0.29, 0.717) is 11.5 Å². The van der Waals surface area contributed by atoms with Gasteiger partial charge in [0, 0.05) is 10.7 Å². The van der Waals surface area contributed by atoms with Crippen molar-refractivity contribution in [1.29, 1.82) is 0 Å². The summed E-state index contributed by atoms with van der Waals surface area (Å²) in [5.74, 6) is 0.397. The van der Waals surface area contributed by atoms with Gasteiger partial charge in [-0.15, -0.1) is 0 Å². The van der Waals surface area contributed by atoms with Crippen LogP contribution in [0.3, 0.4) is 0 Å². The van der Waals surface area contributed by atoms with Crippen LogP contribution < -0.4 is 14.8 Å². The zero-order chi connectivity index (χ0) is 20.1. The number of hydrogen-bond acceptors (Lipinski definition) is 6. The number of amides is 1. The molecule has 0 atom stereocenters. The summed E-state index contributed by atoms with van der Waals surface area (Å²) in [6.07, 6.45) is 1.58. The first kappa shape index (κ1) is 19.4. The first-order valence-corrected chi connectivity index (χ1v) is 8.81. The van der Waals surface area contributed by atoms with E-state index in [-0.39, 0.29) is 23.8 Å². The Hall–Kier alpha value is -3.40. The molecule has 2 aromatic carbocycles. The van der Waals surface area contributed by atoms with Gasteiger partial charge in [-0.2, -0.15) is 5.10 Å². The summed E-state index contributed by atoms with van der Waals surface area (Å²) in [5, 5.41) is 17.8. The van der Waals surface area contributed by atoms with Crippen LogP contribution in [0, 0.1) is 10.1 Å². The third-order valence-electron chi connectivity index (χ3n) is 3.70.